The molecule has 0 saturated carbocycles. The molecule has 19 heavy (non-hydrogen) atoms. The zero-order valence-corrected chi connectivity index (χ0v) is 14.7. The summed E-state index contributed by atoms with van der Waals surface area (Å²) in [5.74, 6) is 1.32. The average molecular weight is 268 g/mol. The van der Waals surface area contributed by atoms with Crippen molar-refractivity contribution >= 4 is 0 Å². The van der Waals surface area contributed by atoms with Crippen LogP contribution in [-0.2, 0) is 0 Å². The molecule has 0 fully saturated rings. The largest absolute Gasteiger partial charge is 0.319 e. The first-order chi connectivity index (χ1) is 9.25. The van der Waals surface area contributed by atoms with Crippen LogP contribution in [0.3, 0.4) is 0 Å². The summed E-state index contributed by atoms with van der Waals surface area (Å²) in [6.07, 6.45) is 0. The maximum atomic E-state index is 3.25. The SMILES string of the molecule is CC.CC.CC.CNCC(c1ccccc1)C(C)C. The zero-order chi connectivity index (χ0) is 15.7. The molecule has 1 unspecified atom stereocenters. The van der Waals surface area contributed by atoms with Crippen molar-refractivity contribution in [2.24, 2.45) is 5.92 Å². The molecule has 1 heteroatoms. The smallest absolute Gasteiger partial charge is 0.00196 e. The first kappa shape index (κ1) is 23.3. The van der Waals surface area contributed by atoms with E-state index in [0.29, 0.717) is 11.8 Å². The van der Waals surface area contributed by atoms with Crippen molar-refractivity contribution in [3.8, 4) is 0 Å². The molecular weight excluding hydrogens is 230 g/mol. The summed E-state index contributed by atoms with van der Waals surface area (Å²) in [4.78, 5) is 0. The predicted molar refractivity (Wildman–Crippen MR) is 92.0 cm³/mol. The van der Waals surface area contributed by atoms with Crippen molar-refractivity contribution in [1.29, 1.82) is 0 Å². The monoisotopic (exact) mass is 267 g/mol. The van der Waals surface area contributed by atoms with Crippen molar-refractivity contribution in [3.05, 3.63) is 35.9 Å². The molecule has 114 valence electrons. The van der Waals surface area contributed by atoms with Gasteiger partial charge in [-0.2, -0.15) is 0 Å². The minimum Gasteiger partial charge on any atom is -0.319 e. The number of hydrogen-bond donors (Lipinski definition) is 1. The molecular formula is C18H37N. The van der Waals surface area contributed by atoms with E-state index < -0.39 is 0 Å². The lowest BCUT2D eigenvalue weighted by Crippen LogP contribution is -2.21. The van der Waals surface area contributed by atoms with E-state index in [0.717, 1.165) is 6.54 Å². The Kier molecular flexibility index (Phi) is 23.9. The summed E-state index contributed by atoms with van der Waals surface area (Å²) in [7, 11) is 2.01. The summed E-state index contributed by atoms with van der Waals surface area (Å²) in [6.45, 7) is 17.6. The Balaban J connectivity index is -0.000000375. The summed E-state index contributed by atoms with van der Waals surface area (Å²) >= 11 is 0. The van der Waals surface area contributed by atoms with Crippen molar-refractivity contribution < 1.29 is 0 Å². The Morgan fingerprint density at radius 2 is 1.26 bits per heavy atom. The van der Waals surface area contributed by atoms with E-state index in [4.69, 9.17) is 0 Å². The van der Waals surface area contributed by atoms with Crippen LogP contribution in [0.15, 0.2) is 30.3 Å². The third-order valence-electron chi connectivity index (χ3n) is 2.46. The summed E-state index contributed by atoms with van der Waals surface area (Å²) in [5.41, 5.74) is 1.44. The van der Waals surface area contributed by atoms with Gasteiger partial charge in [0.2, 0.25) is 0 Å². The molecule has 1 atom stereocenters. The predicted octanol–water partition coefficient (Wildman–Crippen LogP) is 5.72. The van der Waals surface area contributed by atoms with Gasteiger partial charge in [0.05, 0.1) is 0 Å². The number of hydrogen-bond acceptors (Lipinski definition) is 1. The van der Waals surface area contributed by atoms with Crippen LogP contribution in [0.1, 0.15) is 66.9 Å². The van der Waals surface area contributed by atoms with Crippen LogP contribution in [0.5, 0.6) is 0 Å². The molecule has 0 aliphatic heterocycles. The highest BCUT2D eigenvalue weighted by molar-refractivity contribution is 5.20. The van der Waals surface area contributed by atoms with Crippen molar-refractivity contribution in [1.82, 2.24) is 5.32 Å². The molecule has 1 rings (SSSR count). The van der Waals surface area contributed by atoms with Crippen molar-refractivity contribution in [2.75, 3.05) is 13.6 Å². The second-order valence-corrected chi connectivity index (χ2v) is 3.82. The lowest BCUT2D eigenvalue weighted by atomic mass is 9.88. The van der Waals surface area contributed by atoms with Crippen LogP contribution in [0.25, 0.3) is 0 Å². The molecule has 1 aromatic carbocycles. The Labute approximate surface area is 122 Å². The minimum atomic E-state index is 0.631. The van der Waals surface area contributed by atoms with E-state index in [9.17, 15) is 0 Å². The Hall–Kier alpha value is -0.820. The van der Waals surface area contributed by atoms with Gasteiger partial charge >= 0.3 is 0 Å². The highest BCUT2D eigenvalue weighted by Crippen LogP contribution is 2.22. The van der Waals surface area contributed by atoms with E-state index in [1.54, 1.807) is 0 Å². The molecule has 0 aliphatic rings. The third-order valence-corrected chi connectivity index (χ3v) is 2.46. The molecule has 0 aliphatic carbocycles. The van der Waals surface area contributed by atoms with Crippen molar-refractivity contribution in [2.45, 2.75) is 61.3 Å². The normalized spacial score (nSPS) is 10.0. The van der Waals surface area contributed by atoms with Crippen LogP contribution in [0, 0.1) is 5.92 Å². The van der Waals surface area contributed by atoms with Crippen LogP contribution in [-0.4, -0.2) is 13.6 Å². The van der Waals surface area contributed by atoms with Crippen LogP contribution < -0.4 is 5.32 Å². The van der Waals surface area contributed by atoms with Gasteiger partial charge in [-0.15, -0.1) is 0 Å². The lowest BCUT2D eigenvalue weighted by Gasteiger charge is -2.20. The molecule has 0 spiro atoms. The molecule has 0 amide bonds. The average Bonchev–Trinajstić information content (AvgIpc) is 2.51. The molecule has 0 radical (unpaired) electrons. The van der Waals surface area contributed by atoms with Crippen LogP contribution in [0.2, 0.25) is 0 Å². The maximum absolute atomic E-state index is 3.25. The fraction of sp³-hybridized carbons (Fsp3) is 0.667. The highest BCUT2D eigenvalue weighted by Gasteiger charge is 2.13. The van der Waals surface area contributed by atoms with E-state index in [1.807, 2.05) is 48.6 Å². The summed E-state index contributed by atoms with van der Waals surface area (Å²) in [5, 5.41) is 3.25. The number of nitrogens with one attached hydrogen (secondary N) is 1. The van der Waals surface area contributed by atoms with Gasteiger partial charge in [-0.25, -0.2) is 0 Å². The van der Waals surface area contributed by atoms with Gasteiger partial charge in [-0.3, -0.25) is 0 Å². The molecule has 0 heterocycles. The second kappa shape index (κ2) is 19.5. The quantitative estimate of drug-likeness (QED) is 0.735. The van der Waals surface area contributed by atoms with Crippen LogP contribution >= 0.6 is 0 Å². The van der Waals surface area contributed by atoms with Crippen LogP contribution in [0.4, 0.5) is 0 Å². The highest BCUT2D eigenvalue weighted by atomic mass is 14.8. The molecule has 1 N–H and O–H groups in total. The molecule has 0 aromatic heterocycles. The van der Waals surface area contributed by atoms with Gasteiger partial charge in [0.1, 0.15) is 0 Å². The van der Waals surface area contributed by atoms with E-state index in [-0.39, 0.29) is 0 Å². The summed E-state index contributed by atoms with van der Waals surface area (Å²) < 4.78 is 0. The molecule has 0 bridgehead atoms. The summed E-state index contributed by atoms with van der Waals surface area (Å²) in [6, 6.07) is 10.7. The Morgan fingerprint density at radius 1 is 0.842 bits per heavy atom. The maximum Gasteiger partial charge on any atom is 0.00196 e. The fourth-order valence-corrected chi connectivity index (χ4v) is 1.66. The number of likely N-dealkylation sites (N-methyl/N-ethyl adjacent to an activating group) is 1. The Morgan fingerprint density at radius 3 is 1.58 bits per heavy atom. The van der Waals surface area contributed by atoms with Gasteiger partial charge in [0, 0.05) is 6.54 Å². The number of rotatable bonds is 4. The van der Waals surface area contributed by atoms with Gasteiger partial charge in [0.25, 0.3) is 0 Å². The van der Waals surface area contributed by atoms with Gasteiger partial charge in [0.15, 0.2) is 0 Å². The second-order valence-electron chi connectivity index (χ2n) is 3.82. The van der Waals surface area contributed by atoms with Crippen molar-refractivity contribution in [3.63, 3.8) is 0 Å². The first-order valence-corrected chi connectivity index (χ1v) is 7.95. The first-order valence-electron chi connectivity index (χ1n) is 7.95. The zero-order valence-electron chi connectivity index (χ0n) is 14.7. The lowest BCUT2D eigenvalue weighted by molar-refractivity contribution is 0.478. The standard InChI is InChI=1S/C12H19N.3C2H6/c1-10(2)12(9-13-3)11-7-5-4-6-8-11;3*1-2/h4-8,10,12-13H,9H2,1-3H3;3*1-2H3. The fourth-order valence-electron chi connectivity index (χ4n) is 1.66. The van der Waals surface area contributed by atoms with E-state index >= 15 is 0 Å². The topological polar surface area (TPSA) is 12.0 Å². The molecule has 0 saturated heterocycles. The minimum absolute atomic E-state index is 0.631. The van der Waals surface area contributed by atoms with E-state index in [1.165, 1.54) is 5.56 Å². The van der Waals surface area contributed by atoms with E-state index in [2.05, 4.69) is 49.5 Å². The molecule has 1 nitrogen and oxygen atoms in total. The molecule has 1 aromatic rings. The van der Waals surface area contributed by atoms with Gasteiger partial charge < -0.3 is 5.32 Å². The number of benzene rings is 1. The van der Waals surface area contributed by atoms with Gasteiger partial charge in [-0.05, 0) is 24.4 Å². The van der Waals surface area contributed by atoms with Gasteiger partial charge in [-0.1, -0.05) is 85.7 Å². The Bertz CT molecular complexity index is 229. The third kappa shape index (κ3) is 12.0.